The fraction of sp³-hybridized carbons (Fsp3) is 0.348. The molecule has 1 atom stereocenters. The minimum absolute atomic E-state index is 0.0729. The Hall–Kier alpha value is -2.95. The fourth-order valence-electron chi connectivity index (χ4n) is 4.04. The number of hydrogen-bond acceptors (Lipinski definition) is 3. The molecule has 1 aliphatic rings. The predicted molar refractivity (Wildman–Crippen MR) is 113 cm³/mol. The third-order valence-electron chi connectivity index (χ3n) is 5.77. The van der Waals surface area contributed by atoms with Crippen molar-refractivity contribution in [1.29, 1.82) is 0 Å². The van der Waals surface area contributed by atoms with Gasteiger partial charge < -0.3 is 19.5 Å². The molecule has 1 amide bonds. The number of aryl methyl sites for hydroxylation is 2. The minimum Gasteiger partial charge on any atom is -0.497 e. The van der Waals surface area contributed by atoms with Gasteiger partial charge in [0.15, 0.2) is 0 Å². The summed E-state index contributed by atoms with van der Waals surface area (Å²) in [5.74, 6) is 0.873. The third kappa shape index (κ3) is 3.21. The summed E-state index contributed by atoms with van der Waals surface area (Å²) >= 11 is 0. The molecule has 1 N–H and O–H groups in total. The standard InChI is InChI=1S/C23H27N3O2/c1-15-5-7-18(8-6-15)25-11-12-26(16(2)14-25)23(27)22-17(3)20-13-19(28-4)9-10-21(20)24-22/h5-10,13,16,24H,11-12,14H2,1-4H3/t16-/m1/s1. The van der Waals surface area contributed by atoms with Gasteiger partial charge in [0.1, 0.15) is 11.4 Å². The van der Waals surface area contributed by atoms with Gasteiger partial charge in [0.25, 0.3) is 5.91 Å². The number of carbonyl (C=O) groups excluding carboxylic acids is 1. The summed E-state index contributed by atoms with van der Waals surface area (Å²) in [4.78, 5) is 21.0. The van der Waals surface area contributed by atoms with Crippen molar-refractivity contribution < 1.29 is 9.53 Å². The van der Waals surface area contributed by atoms with Gasteiger partial charge >= 0.3 is 0 Å². The highest BCUT2D eigenvalue weighted by atomic mass is 16.5. The average Bonchev–Trinajstić information content (AvgIpc) is 3.04. The van der Waals surface area contributed by atoms with E-state index in [0.717, 1.165) is 35.3 Å². The molecule has 1 fully saturated rings. The van der Waals surface area contributed by atoms with Crippen LogP contribution in [0, 0.1) is 13.8 Å². The van der Waals surface area contributed by atoms with E-state index in [2.05, 4.69) is 48.0 Å². The van der Waals surface area contributed by atoms with E-state index in [1.54, 1.807) is 7.11 Å². The van der Waals surface area contributed by atoms with Crippen LogP contribution in [0.5, 0.6) is 5.75 Å². The molecule has 0 spiro atoms. The molecule has 1 aliphatic heterocycles. The highest BCUT2D eigenvalue weighted by Crippen LogP contribution is 2.28. The molecule has 28 heavy (non-hydrogen) atoms. The van der Waals surface area contributed by atoms with Crippen LogP contribution in [-0.4, -0.2) is 48.6 Å². The largest absolute Gasteiger partial charge is 0.497 e. The van der Waals surface area contributed by atoms with Crippen LogP contribution in [0.2, 0.25) is 0 Å². The second-order valence-corrected chi connectivity index (χ2v) is 7.67. The van der Waals surface area contributed by atoms with Gasteiger partial charge in [-0.3, -0.25) is 4.79 Å². The van der Waals surface area contributed by atoms with Crippen LogP contribution in [0.4, 0.5) is 5.69 Å². The van der Waals surface area contributed by atoms with Gasteiger partial charge in [0.2, 0.25) is 0 Å². The zero-order valence-electron chi connectivity index (χ0n) is 17.0. The van der Waals surface area contributed by atoms with E-state index >= 15 is 0 Å². The first-order valence-corrected chi connectivity index (χ1v) is 9.77. The molecule has 1 saturated heterocycles. The van der Waals surface area contributed by atoms with Crippen molar-refractivity contribution >= 4 is 22.5 Å². The van der Waals surface area contributed by atoms with Gasteiger partial charge in [-0.2, -0.15) is 0 Å². The number of methoxy groups -OCH3 is 1. The Morgan fingerprint density at radius 2 is 1.86 bits per heavy atom. The number of nitrogens with one attached hydrogen (secondary N) is 1. The number of fused-ring (bicyclic) bond motifs is 1. The fourth-order valence-corrected chi connectivity index (χ4v) is 4.04. The molecule has 0 radical (unpaired) electrons. The lowest BCUT2D eigenvalue weighted by molar-refractivity contribution is 0.0668. The van der Waals surface area contributed by atoms with Gasteiger partial charge in [-0.15, -0.1) is 0 Å². The van der Waals surface area contributed by atoms with Crippen LogP contribution in [0.1, 0.15) is 28.5 Å². The maximum absolute atomic E-state index is 13.3. The van der Waals surface area contributed by atoms with Crippen LogP contribution in [-0.2, 0) is 0 Å². The number of aromatic amines is 1. The van der Waals surface area contributed by atoms with Crippen molar-refractivity contribution in [3.63, 3.8) is 0 Å². The lowest BCUT2D eigenvalue weighted by atomic mass is 10.1. The molecule has 2 aromatic carbocycles. The van der Waals surface area contributed by atoms with Crippen LogP contribution in [0.25, 0.3) is 10.9 Å². The third-order valence-corrected chi connectivity index (χ3v) is 5.77. The summed E-state index contributed by atoms with van der Waals surface area (Å²) in [6.07, 6.45) is 0. The molecule has 5 heteroatoms. The summed E-state index contributed by atoms with van der Waals surface area (Å²) in [5, 5.41) is 1.04. The zero-order valence-corrected chi connectivity index (χ0v) is 17.0. The maximum atomic E-state index is 13.3. The first-order chi connectivity index (χ1) is 13.5. The summed E-state index contributed by atoms with van der Waals surface area (Å²) in [7, 11) is 1.66. The molecule has 2 heterocycles. The highest BCUT2D eigenvalue weighted by Gasteiger charge is 2.30. The molecule has 0 aliphatic carbocycles. The number of carbonyl (C=O) groups is 1. The van der Waals surface area contributed by atoms with Crippen molar-refractivity contribution in [2.24, 2.45) is 0 Å². The lowest BCUT2D eigenvalue weighted by Crippen LogP contribution is -2.54. The quantitative estimate of drug-likeness (QED) is 0.746. The van der Waals surface area contributed by atoms with E-state index in [4.69, 9.17) is 4.74 Å². The number of rotatable bonds is 3. The Bertz CT molecular complexity index is 1010. The Labute approximate surface area is 165 Å². The minimum atomic E-state index is 0.0729. The first kappa shape index (κ1) is 18.4. The highest BCUT2D eigenvalue weighted by molar-refractivity contribution is 6.01. The SMILES string of the molecule is COc1ccc2[nH]c(C(=O)N3CCN(c4ccc(C)cc4)C[C@H]3C)c(C)c2c1. The summed E-state index contributed by atoms with van der Waals surface area (Å²) in [6.45, 7) is 8.61. The van der Waals surface area contributed by atoms with E-state index in [0.29, 0.717) is 12.2 Å². The Morgan fingerprint density at radius 3 is 2.54 bits per heavy atom. The van der Waals surface area contributed by atoms with Crippen molar-refractivity contribution in [3.8, 4) is 5.75 Å². The Morgan fingerprint density at radius 1 is 1.11 bits per heavy atom. The normalized spacial score (nSPS) is 17.2. The number of nitrogens with zero attached hydrogens (tertiary/aromatic N) is 2. The number of hydrogen-bond donors (Lipinski definition) is 1. The molecule has 0 saturated carbocycles. The van der Waals surface area contributed by atoms with E-state index in [-0.39, 0.29) is 11.9 Å². The van der Waals surface area contributed by atoms with Gasteiger partial charge in [0.05, 0.1) is 7.11 Å². The van der Waals surface area contributed by atoms with Crippen molar-refractivity contribution in [2.45, 2.75) is 26.8 Å². The molecule has 3 aromatic rings. The van der Waals surface area contributed by atoms with Crippen molar-refractivity contribution in [2.75, 3.05) is 31.6 Å². The topological polar surface area (TPSA) is 48.6 Å². The molecule has 1 aromatic heterocycles. The van der Waals surface area contributed by atoms with Crippen molar-refractivity contribution in [1.82, 2.24) is 9.88 Å². The molecule has 4 rings (SSSR count). The van der Waals surface area contributed by atoms with Gasteiger partial charge in [0, 0.05) is 42.3 Å². The van der Waals surface area contributed by atoms with E-state index in [9.17, 15) is 4.79 Å². The predicted octanol–water partition coefficient (Wildman–Crippen LogP) is 4.14. The number of H-pyrrole nitrogens is 1. The second kappa shape index (κ2) is 7.23. The van der Waals surface area contributed by atoms with E-state index in [1.807, 2.05) is 30.0 Å². The average molecular weight is 377 g/mol. The molecular formula is C23H27N3O2. The number of anilines is 1. The smallest absolute Gasteiger partial charge is 0.270 e. The monoisotopic (exact) mass is 377 g/mol. The molecule has 0 bridgehead atoms. The van der Waals surface area contributed by atoms with Crippen LogP contribution in [0.3, 0.4) is 0 Å². The number of aromatic nitrogens is 1. The van der Waals surface area contributed by atoms with Crippen LogP contribution in [0.15, 0.2) is 42.5 Å². The van der Waals surface area contributed by atoms with E-state index in [1.165, 1.54) is 11.3 Å². The first-order valence-electron chi connectivity index (χ1n) is 9.77. The Balaban J connectivity index is 1.55. The lowest BCUT2D eigenvalue weighted by Gasteiger charge is -2.41. The number of piperazine rings is 1. The Kier molecular flexibility index (Phi) is 4.75. The van der Waals surface area contributed by atoms with Crippen molar-refractivity contribution in [3.05, 3.63) is 59.3 Å². The zero-order chi connectivity index (χ0) is 19.8. The summed E-state index contributed by atoms with van der Waals surface area (Å²) < 4.78 is 5.33. The number of benzene rings is 2. The second-order valence-electron chi connectivity index (χ2n) is 7.67. The number of amides is 1. The molecule has 146 valence electrons. The molecular weight excluding hydrogens is 350 g/mol. The molecule has 0 unspecified atom stereocenters. The van der Waals surface area contributed by atoms with Crippen LogP contribution >= 0.6 is 0 Å². The van der Waals surface area contributed by atoms with Gasteiger partial charge in [-0.25, -0.2) is 0 Å². The van der Waals surface area contributed by atoms with Gasteiger partial charge in [-0.1, -0.05) is 17.7 Å². The van der Waals surface area contributed by atoms with E-state index < -0.39 is 0 Å². The van der Waals surface area contributed by atoms with Crippen LogP contribution < -0.4 is 9.64 Å². The maximum Gasteiger partial charge on any atom is 0.270 e. The summed E-state index contributed by atoms with van der Waals surface area (Å²) in [6, 6.07) is 14.6. The number of ether oxygens (including phenoxy) is 1. The summed E-state index contributed by atoms with van der Waals surface area (Å²) in [5.41, 5.74) is 5.11. The van der Waals surface area contributed by atoms with Gasteiger partial charge in [-0.05, 0) is 56.7 Å². The molecule has 5 nitrogen and oxygen atoms in total.